The number of thioether (sulfide) groups is 1. The topological polar surface area (TPSA) is 29.1 Å². The Morgan fingerprint density at radius 1 is 0.897 bits per heavy atom. The summed E-state index contributed by atoms with van der Waals surface area (Å²) < 4.78 is 0. The van der Waals surface area contributed by atoms with Crippen molar-refractivity contribution < 1.29 is 4.79 Å². The van der Waals surface area contributed by atoms with Gasteiger partial charge in [0.15, 0.2) is 0 Å². The van der Waals surface area contributed by atoms with Gasteiger partial charge in [-0.05, 0) is 68.1 Å². The maximum absolute atomic E-state index is 12.8. The Balaban J connectivity index is 1.62. The van der Waals surface area contributed by atoms with E-state index >= 15 is 0 Å². The molecule has 3 aromatic carbocycles. The van der Waals surface area contributed by atoms with Gasteiger partial charge in [0.2, 0.25) is 0 Å². The highest BCUT2D eigenvalue weighted by atomic mass is 32.2. The summed E-state index contributed by atoms with van der Waals surface area (Å²) in [6.07, 6.45) is 0.862. The summed E-state index contributed by atoms with van der Waals surface area (Å²) in [5, 5.41) is 3.20. The Kier molecular flexibility index (Phi) is 7.16. The summed E-state index contributed by atoms with van der Waals surface area (Å²) in [5.41, 5.74) is 6.85. The second kappa shape index (κ2) is 9.80. The normalized spacial score (nSPS) is 11.9. The van der Waals surface area contributed by atoms with Gasteiger partial charge >= 0.3 is 0 Å². The van der Waals surface area contributed by atoms with E-state index in [0.717, 1.165) is 12.2 Å². The van der Waals surface area contributed by atoms with E-state index in [2.05, 4.69) is 75.5 Å². The molecule has 1 atom stereocenters. The molecule has 0 saturated heterocycles. The van der Waals surface area contributed by atoms with Gasteiger partial charge in [0.05, 0.1) is 6.04 Å². The average Bonchev–Trinajstić information content (AvgIpc) is 2.72. The van der Waals surface area contributed by atoms with Crippen molar-refractivity contribution in [3.8, 4) is 0 Å². The Labute approximate surface area is 178 Å². The molecule has 1 amide bonds. The van der Waals surface area contributed by atoms with Crippen molar-refractivity contribution in [2.75, 3.05) is 0 Å². The van der Waals surface area contributed by atoms with Crippen LogP contribution in [0, 0.1) is 20.8 Å². The van der Waals surface area contributed by atoms with Crippen molar-refractivity contribution in [3.05, 3.63) is 100 Å². The fraction of sp³-hybridized carbons (Fsp3) is 0.269. The van der Waals surface area contributed by atoms with Crippen molar-refractivity contribution in [2.45, 2.75) is 50.8 Å². The average molecular weight is 404 g/mol. The lowest BCUT2D eigenvalue weighted by Crippen LogP contribution is -2.28. The summed E-state index contributed by atoms with van der Waals surface area (Å²) in [6.45, 7) is 8.41. The van der Waals surface area contributed by atoms with Crippen LogP contribution in [0.25, 0.3) is 0 Å². The van der Waals surface area contributed by atoms with Gasteiger partial charge in [-0.2, -0.15) is 0 Å². The SMILES string of the molecule is CC[C@@H](NC(=O)c1ccc(CSc2ccc(C)cc2)cc1)c1ccc(C)cc1C. The van der Waals surface area contributed by atoms with Crippen LogP contribution in [0.5, 0.6) is 0 Å². The number of hydrogen-bond acceptors (Lipinski definition) is 2. The minimum absolute atomic E-state index is 0.0189. The number of hydrogen-bond donors (Lipinski definition) is 1. The molecule has 0 radical (unpaired) electrons. The van der Waals surface area contributed by atoms with Crippen molar-refractivity contribution in [1.29, 1.82) is 0 Å². The summed E-state index contributed by atoms with van der Waals surface area (Å²) >= 11 is 1.81. The zero-order valence-electron chi connectivity index (χ0n) is 17.7. The quantitative estimate of drug-likeness (QED) is 0.440. The summed E-state index contributed by atoms with van der Waals surface area (Å²) in [7, 11) is 0. The van der Waals surface area contributed by atoms with Crippen molar-refractivity contribution in [1.82, 2.24) is 5.32 Å². The van der Waals surface area contributed by atoms with Gasteiger partial charge in [-0.3, -0.25) is 4.79 Å². The number of rotatable bonds is 7. The predicted molar refractivity (Wildman–Crippen MR) is 124 cm³/mol. The molecule has 0 unspecified atom stereocenters. The van der Waals surface area contributed by atoms with Gasteiger partial charge < -0.3 is 5.32 Å². The van der Waals surface area contributed by atoms with Crippen molar-refractivity contribution in [2.24, 2.45) is 0 Å². The van der Waals surface area contributed by atoms with Crippen LogP contribution in [-0.4, -0.2) is 5.91 Å². The summed E-state index contributed by atoms with van der Waals surface area (Å²) in [4.78, 5) is 14.0. The van der Waals surface area contributed by atoms with E-state index in [4.69, 9.17) is 0 Å². The second-order valence-electron chi connectivity index (χ2n) is 7.59. The largest absolute Gasteiger partial charge is 0.345 e. The highest BCUT2D eigenvalue weighted by Gasteiger charge is 2.16. The monoisotopic (exact) mass is 403 g/mol. The molecule has 2 nitrogen and oxygen atoms in total. The van der Waals surface area contributed by atoms with Crippen LogP contribution in [0.15, 0.2) is 71.6 Å². The minimum Gasteiger partial charge on any atom is -0.345 e. The first-order valence-electron chi connectivity index (χ1n) is 10.1. The minimum atomic E-state index is -0.0189. The van der Waals surface area contributed by atoms with Gasteiger partial charge in [0.1, 0.15) is 0 Å². The molecule has 0 bridgehead atoms. The highest BCUT2D eigenvalue weighted by Crippen LogP contribution is 2.24. The van der Waals surface area contributed by atoms with Crippen LogP contribution in [0.1, 0.15) is 57.6 Å². The number of carbonyl (C=O) groups excluding carboxylic acids is 1. The molecule has 0 aliphatic rings. The molecule has 0 aliphatic heterocycles. The third-order valence-corrected chi connectivity index (χ3v) is 6.24. The smallest absolute Gasteiger partial charge is 0.251 e. The molecule has 0 saturated carbocycles. The molecule has 3 rings (SSSR count). The van der Waals surface area contributed by atoms with Crippen LogP contribution < -0.4 is 5.32 Å². The Morgan fingerprint density at radius 3 is 2.17 bits per heavy atom. The number of carbonyl (C=O) groups is 1. The fourth-order valence-corrected chi connectivity index (χ4v) is 4.27. The number of nitrogens with one attached hydrogen (secondary N) is 1. The lowest BCUT2D eigenvalue weighted by Gasteiger charge is -2.20. The Morgan fingerprint density at radius 2 is 1.55 bits per heavy atom. The molecule has 0 spiro atoms. The molecular formula is C26H29NOS. The van der Waals surface area contributed by atoms with Crippen LogP contribution in [0.2, 0.25) is 0 Å². The van der Waals surface area contributed by atoms with Crippen LogP contribution in [0.3, 0.4) is 0 Å². The lowest BCUT2D eigenvalue weighted by molar-refractivity contribution is 0.0935. The molecule has 29 heavy (non-hydrogen) atoms. The Hall–Kier alpha value is -2.52. The number of benzene rings is 3. The molecule has 0 heterocycles. The summed E-state index contributed by atoms with van der Waals surface area (Å²) in [6, 6.07) is 23.0. The number of amides is 1. The summed E-state index contributed by atoms with van der Waals surface area (Å²) in [5.74, 6) is 0.875. The molecule has 0 fully saturated rings. The molecule has 0 aliphatic carbocycles. The standard InChI is InChI=1S/C26H29NOS/c1-5-25(24-15-8-19(3)16-20(24)4)27-26(28)22-11-9-21(10-12-22)17-29-23-13-6-18(2)7-14-23/h6-16,25H,5,17H2,1-4H3,(H,27,28)/t25-/m1/s1. The molecular weight excluding hydrogens is 374 g/mol. The van der Waals surface area contributed by atoms with Gasteiger partial charge in [0, 0.05) is 16.2 Å². The third kappa shape index (κ3) is 5.74. The first-order chi connectivity index (χ1) is 14.0. The van der Waals surface area contributed by atoms with Crippen LogP contribution in [0.4, 0.5) is 0 Å². The molecule has 150 valence electrons. The van der Waals surface area contributed by atoms with E-state index in [1.54, 1.807) is 0 Å². The maximum atomic E-state index is 12.8. The predicted octanol–water partition coefficient (Wildman–Crippen LogP) is 6.79. The van der Waals surface area contributed by atoms with E-state index < -0.39 is 0 Å². The van der Waals surface area contributed by atoms with Gasteiger partial charge in [-0.25, -0.2) is 0 Å². The van der Waals surface area contributed by atoms with E-state index in [0.29, 0.717) is 5.56 Å². The third-order valence-electron chi connectivity index (χ3n) is 5.16. The molecule has 3 aromatic rings. The number of aryl methyl sites for hydroxylation is 3. The zero-order valence-corrected chi connectivity index (χ0v) is 18.5. The fourth-order valence-electron chi connectivity index (χ4n) is 3.41. The van der Waals surface area contributed by atoms with Crippen LogP contribution >= 0.6 is 11.8 Å². The first kappa shape index (κ1) is 21.2. The molecule has 0 aromatic heterocycles. The van der Waals surface area contributed by atoms with E-state index in [-0.39, 0.29) is 11.9 Å². The first-order valence-corrected chi connectivity index (χ1v) is 11.1. The van der Waals surface area contributed by atoms with Gasteiger partial charge in [-0.1, -0.05) is 60.5 Å². The van der Waals surface area contributed by atoms with Crippen LogP contribution in [-0.2, 0) is 5.75 Å². The van der Waals surface area contributed by atoms with Gasteiger partial charge in [-0.15, -0.1) is 11.8 Å². The lowest BCUT2D eigenvalue weighted by atomic mass is 9.97. The van der Waals surface area contributed by atoms with E-state index in [1.807, 2.05) is 36.0 Å². The van der Waals surface area contributed by atoms with Crippen molar-refractivity contribution in [3.63, 3.8) is 0 Å². The zero-order chi connectivity index (χ0) is 20.8. The maximum Gasteiger partial charge on any atom is 0.251 e. The second-order valence-corrected chi connectivity index (χ2v) is 8.64. The Bertz CT molecular complexity index is 961. The molecule has 1 N–H and O–H groups in total. The molecule has 3 heteroatoms. The van der Waals surface area contributed by atoms with Crippen molar-refractivity contribution >= 4 is 17.7 Å². The van der Waals surface area contributed by atoms with E-state index in [9.17, 15) is 4.79 Å². The highest BCUT2D eigenvalue weighted by molar-refractivity contribution is 7.98. The van der Waals surface area contributed by atoms with Gasteiger partial charge in [0.25, 0.3) is 5.91 Å². The van der Waals surface area contributed by atoms with E-state index in [1.165, 1.54) is 32.7 Å².